The van der Waals surface area contributed by atoms with Crippen LogP contribution >= 0.6 is 11.3 Å². The molecule has 2 aliphatic rings. The van der Waals surface area contributed by atoms with Crippen molar-refractivity contribution in [3.63, 3.8) is 0 Å². The molecular weight excluding hydrogens is 370 g/mol. The van der Waals surface area contributed by atoms with E-state index in [2.05, 4.69) is 22.8 Å². The van der Waals surface area contributed by atoms with Crippen molar-refractivity contribution in [1.29, 1.82) is 0 Å². The van der Waals surface area contributed by atoms with Gasteiger partial charge in [-0.05, 0) is 85.4 Å². The summed E-state index contributed by atoms with van der Waals surface area (Å²) in [4.78, 5) is 10.6. The molecule has 0 spiro atoms. The Kier molecular flexibility index (Phi) is 6.02. The Hall–Kier alpha value is -1.85. The third-order valence-electron chi connectivity index (χ3n) is 6.59. The van der Waals surface area contributed by atoms with E-state index in [1.807, 2.05) is 12.1 Å². The lowest BCUT2D eigenvalue weighted by atomic mass is 9.82. The summed E-state index contributed by atoms with van der Waals surface area (Å²) >= 11 is 1.74. The number of hydrogen-bond acceptors (Lipinski definition) is 4. The van der Waals surface area contributed by atoms with Gasteiger partial charge in [0.15, 0.2) is 0 Å². The molecule has 1 heterocycles. The van der Waals surface area contributed by atoms with E-state index in [9.17, 15) is 9.90 Å². The molecule has 2 aromatic rings. The first-order valence-electron chi connectivity index (χ1n) is 10.4. The van der Waals surface area contributed by atoms with Gasteiger partial charge in [-0.25, -0.2) is 0 Å². The van der Waals surface area contributed by atoms with Crippen LogP contribution in [0, 0.1) is 17.8 Å². The van der Waals surface area contributed by atoms with Crippen LogP contribution in [0.1, 0.15) is 50.5 Å². The van der Waals surface area contributed by atoms with Crippen molar-refractivity contribution in [2.24, 2.45) is 17.8 Å². The van der Waals surface area contributed by atoms with Crippen LogP contribution in [-0.4, -0.2) is 22.2 Å². The quantitative estimate of drug-likeness (QED) is 0.395. The molecule has 150 valence electrons. The zero-order valence-corrected chi connectivity index (χ0v) is 17.0. The standard InChI is InChI=1S/C23H29NO3S/c25-18-9-10-21-20(12-18)17(14-28-21)13-24-23-16-8-7-15(11-16)19(23)5-3-1-2-4-6-22(26)27/h1,3,9-10,12,14-16,19,23-25H,2,4-8,11,13H2,(H,26,27)/b3-1-/t15-,16+,19+,23+/m0/s1. The Labute approximate surface area is 170 Å². The summed E-state index contributed by atoms with van der Waals surface area (Å²) in [5.41, 5.74) is 1.28. The molecule has 2 fully saturated rings. The molecule has 0 saturated heterocycles. The van der Waals surface area contributed by atoms with Gasteiger partial charge in [0, 0.05) is 29.1 Å². The van der Waals surface area contributed by atoms with Crippen molar-refractivity contribution in [2.75, 3.05) is 0 Å². The van der Waals surface area contributed by atoms with E-state index in [1.165, 1.54) is 29.5 Å². The smallest absolute Gasteiger partial charge is 0.303 e. The number of allylic oxidation sites excluding steroid dienone is 2. The van der Waals surface area contributed by atoms with Crippen LogP contribution in [0.15, 0.2) is 35.7 Å². The molecule has 4 rings (SSSR count). The highest BCUT2D eigenvalue weighted by Crippen LogP contribution is 2.50. The van der Waals surface area contributed by atoms with Crippen molar-refractivity contribution in [3.05, 3.63) is 41.3 Å². The number of thiophene rings is 1. The fourth-order valence-electron chi connectivity index (χ4n) is 5.24. The molecule has 4 nitrogen and oxygen atoms in total. The third kappa shape index (κ3) is 4.26. The van der Waals surface area contributed by atoms with Gasteiger partial charge in [0.1, 0.15) is 5.75 Å². The largest absolute Gasteiger partial charge is 0.508 e. The normalized spacial score (nSPS) is 26.6. The van der Waals surface area contributed by atoms with E-state index in [1.54, 1.807) is 17.4 Å². The van der Waals surface area contributed by atoms with Gasteiger partial charge in [-0.3, -0.25) is 4.79 Å². The lowest BCUT2D eigenvalue weighted by Gasteiger charge is -2.31. The van der Waals surface area contributed by atoms with Crippen molar-refractivity contribution in [1.82, 2.24) is 5.32 Å². The zero-order chi connectivity index (χ0) is 19.5. The lowest BCUT2D eigenvalue weighted by molar-refractivity contribution is -0.137. The summed E-state index contributed by atoms with van der Waals surface area (Å²) in [5.74, 6) is 1.92. The predicted octanol–water partition coefficient (Wildman–Crippen LogP) is 5.31. The van der Waals surface area contributed by atoms with Gasteiger partial charge < -0.3 is 15.5 Å². The number of phenols is 1. The van der Waals surface area contributed by atoms with Crippen LogP contribution in [0.3, 0.4) is 0 Å². The van der Waals surface area contributed by atoms with Crippen LogP contribution in [0.2, 0.25) is 0 Å². The first kappa shape index (κ1) is 19.5. The van der Waals surface area contributed by atoms with Gasteiger partial charge in [-0.2, -0.15) is 0 Å². The first-order chi connectivity index (χ1) is 13.6. The average molecular weight is 400 g/mol. The van der Waals surface area contributed by atoms with E-state index in [0.29, 0.717) is 17.7 Å². The number of carbonyl (C=O) groups is 1. The van der Waals surface area contributed by atoms with Crippen LogP contribution in [0.25, 0.3) is 10.1 Å². The Bertz CT molecular complexity index is 859. The highest BCUT2D eigenvalue weighted by molar-refractivity contribution is 7.17. The minimum absolute atomic E-state index is 0.257. The van der Waals surface area contributed by atoms with Crippen LogP contribution in [0.5, 0.6) is 5.75 Å². The number of carboxylic acids is 1. The second-order valence-electron chi connectivity index (χ2n) is 8.34. The number of aromatic hydroxyl groups is 1. The number of nitrogens with one attached hydrogen (secondary N) is 1. The maximum atomic E-state index is 10.6. The SMILES string of the molecule is O=C(O)CCC/C=C\C[C@@H]1[C@H]2CC[C@H](C2)[C@H]1NCc1csc2ccc(O)cc12. The summed E-state index contributed by atoms with van der Waals surface area (Å²) in [6, 6.07) is 6.19. The van der Waals surface area contributed by atoms with E-state index in [-0.39, 0.29) is 6.42 Å². The molecule has 1 aromatic heterocycles. The molecule has 5 heteroatoms. The molecule has 2 bridgehead atoms. The van der Waals surface area contributed by atoms with E-state index < -0.39 is 5.97 Å². The Balaban J connectivity index is 1.35. The Morgan fingerprint density at radius 1 is 1.25 bits per heavy atom. The minimum Gasteiger partial charge on any atom is -0.508 e. The number of rotatable bonds is 9. The number of fused-ring (bicyclic) bond motifs is 3. The van der Waals surface area contributed by atoms with E-state index >= 15 is 0 Å². The maximum absolute atomic E-state index is 10.6. The van der Waals surface area contributed by atoms with Gasteiger partial charge >= 0.3 is 5.97 Å². The summed E-state index contributed by atoms with van der Waals surface area (Å²) < 4.78 is 1.23. The third-order valence-corrected chi connectivity index (χ3v) is 7.60. The van der Waals surface area contributed by atoms with E-state index in [4.69, 9.17) is 5.11 Å². The zero-order valence-electron chi connectivity index (χ0n) is 16.1. The summed E-state index contributed by atoms with van der Waals surface area (Å²) in [7, 11) is 0. The van der Waals surface area contributed by atoms with E-state index in [0.717, 1.165) is 43.0 Å². The number of benzene rings is 1. The molecule has 0 unspecified atom stereocenters. The second kappa shape index (κ2) is 8.66. The van der Waals surface area contributed by atoms with Crippen molar-refractivity contribution in [2.45, 2.75) is 57.5 Å². The van der Waals surface area contributed by atoms with Crippen LogP contribution < -0.4 is 5.32 Å². The summed E-state index contributed by atoms with van der Waals surface area (Å²) in [6.45, 7) is 0.857. The molecule has 2 aliphatic carbocycles. The van der Waals surface area contributed by atoms with Crippen LogP contribution in [0.4, 0.5) is 0 Å². The number of phenolic OH excluding ortho intramolecular Hbond substituents is 1. The van der Waals surface area contributed by atoms with Gasteiger partial charge in [0.05, 0.1) is 0 Å². The fourth-order valence-corrected chi connectivity index (χ4v) is 6.19. The lowest BCUT2D eigenvalue weighted by Crippen LogP contribution is -2.40. The molecule has 2 saturated carbocycles. The molecule has 4 atom stereocenters. The molecule has 1 aromatic carbocycles. The van der Waals surface area contributed by atoms with Crippen molar-refractivity contribution in [3.8, 4) is 5.75 Å². The molecular formula is C23H29NO3S. The van der Waals surface area contributed by atoms with Crippen molar-refractivity contribution < 1.29 is 15.0 Å². The number of aliphatic carboxylic acids is 1. The van der Waals surface area contributed by atoms with Gasteiger partial charge in [0.2, 0.25) is 0 Å². The number of unbranched alkanes of at least 4 members (excludes halogenated alkanes) is 1. The topological polar surface area (TPSA) is 69.6 Å². The number of carboxylic acid groups (broad SMARTS) is 1. The first-order valence-corrected chi connectivity index (χ1v) is 11.3. The molecule has 28 heavy (non-hydrogen) atoms. The minimum atomic E-state index is -0.708. The number of hydrogen-bond donors (Lipinski definition) is 3. The monoisotopic (exact) mass is 399 g/mol. The fraction of sp³-hybridized carbons (Fsp3) is 0.522. The molecule has 0 radical (unpaired) electrons. The molecule has 0 aliphatic heterocycles. The van der Waals surface area contributed by atoms with Gasteiger partial charge in [-0.15, -0.1) is 11.3 Å². The van der Waals surface area contributed by atoms with Gasteiger partial charge in [-0.1, -0.05) is 12.2 Å². The van der Waals surface area contributed by atoms with Gasteiger partial charge in [0.25, 0.3) is 0 Å². The highest BCUT2D eigenvalue weighted by Gasteiger charge is 2.46. The van der Waals surface area contributed by atoms with Crippen molar-refractivity contribution >= 4 is 27.4 Å². The van der Waals surface area contributed by atoms with Crippen LogP contribution in [-0.2, 0) is 11.3 Å². The Morgan fingerprint density at radius 2 is 2.11 bits per heavy atom. The Morgan fingerprint density at radius 3 is 2.96 bits per heavy atom. The maximum Gasteiger partial charge on any atom is 0.303 e. The predicted molar refractivity (Wildman–Crippen MR) is 114 cm³/mol. The summed E-state index contributed by atoms with van der Waals surface area (Å²) in [6.07, 6.45) is 11.4. The highest BCUT2D eigenvalue weighted by atomic mass is 32.1. The second-order valence-corrected chi connectivity index (χ2v) is 9.25. The summed E-state index contributed by atoms with van der Waals surface area (Å²) in [5, 5.41) is 25.8. The molecule has 0 amide bonds. The molecule has 3 N–H and O–H groups in total. The average Bonchev–Trinajstić information content (AvgIpc) is 3.37.